The molecule has 42 heavy (non-hydrogen) atoms. The van der Waals surface area contributed by atoms with E-state index in [9.17, 15) is 14.4 Å². The molecule has 9 nitrogen and oxygen atoms in total. The van der Waals surface area contributed by atoms with Gasteiger partial charge in [0.05, 0.1) is 44.0 Å². The minimum atomic E-state index is -0.797. The van der Waals surface area contributed by atoms with E-state index in [4.69, 9.17) is 14.2 Å². The molecule has 0 unspecified atom stereocenters. The summed E-state index contributed by atoms with van der Waals surface area (Å²) in [6.07, 6.45) is 8.89. The number of pyridine rings is 1. The lowest BCUT2D eigenvalue weighted by atomic mass is 9.77. The summed E-state index contributed by atoms with van der Waals surface area (Å²) in [5, 5.41) is 0. The Morgan fingerprint density at radius 2 is 1.90 bits per heavy atom. The Labute approximate surface area is 249 Å². The highest BCUT2D eigenvalue weighted by Gasteiger charge is 2.46. The summed E-state index contributed by atoms with van der Waals surface area (Å²) in [7, 11) is 0. The number of allylic oxidation sites excluding steroid dienone is 1. The number of likely N-dealkylation sites (tertiary alicyclic amines) is 1. The van der Waals surface area contributed by atoms with Gasteiger partial charge in [0.1, 0.15) is 11.7 Å². The molecule has 2 aromatic rings. The normalized spacial score (nSPS) is 18.1. The second-order valence-corrected chi connectivity index (χ2v) is 12.8. The van der Waals surface area contributed by atoms with Crippen LogP contribution in [0.25, 0.3) is 11.7 Å². The van der Waals surface area contributed by atoms with E-state index in [2.05, 4.69) is 18.1 Å². The number of carbonyl (C=O) groups excluding carboxylic acids is 3. The summed E-state index contributed by atoms with van der Waals surface area (Å²) in [4.78, 5) is 46.1. The van der Waals surface area contributed by atoms with E-state index in [1.807, 2.05) is 69.6 Å². The third-order valence-electron chi connectivity index (χ3n) is 7.72. The van der Waals surface area contributed by atoms with Crippen molar-refractivity contribution in [2.75, 3.05) is 19.8 Å². The Kier molecular flexibility index (Phi) is 11.1. The molecular formula is C33H47N3O6. The van der Waals surface area contributed by atoms with Gasteiger partial charge in [-0.05, 0) is 42.7 Å². The highest BCUT2D eigenvalue weighted by Crippen LogP contribution is 2.35. The van der Waals surface area contributed by atoms with Crippen LogP contribution in [0.1, 0.15) is 78.5 Å². The van der Waals surface area contributed by atoms with Crippen LogP contribution in [-0.4, -0.2) is 64.0 Å². The lowest BCUT2D eigenvalue weighted by molar-refractivity contribution is -0.158. The number of rotatable bonds is 14. The second-order valence-electron chi connectivity index (χ2n) is 12.8. The zero-order valence-electron chi connectivity index (χ0n) is 26.1. The topological polar surface area (TPSA) is 99.4 Å². The van der Waals surface area contributed by atoms with Crippen LogP contribution in [0.15, 0.2) is 43.8 Å². The largest absolute Gasteiger partial charge is 0.465 e. The fraction of sp³-hybridized carbons (Fsp3) is 0.576. The molecule has 1 amide bonds. The van der Waals surface area contributed by atoms with Crippen molar-refractivity contribution < 1.29 is 28.6 Å². The van der Waals surface area contributed by atoms with Crippen molar-refractivity contribution in [3.05, 3.63) is 55.0 Å². The first-order chi connectivity index (χ1) is 19.8. The average molecular weight is 582 g/mol. The van der Waals surface area contributed by atoms with E-state index in [1.54, 1.807) is 13.0 Å². The van der Waals surface area contributed by atoms with Crippen LogP contribution in [-0.2, 0) is 35.2 Å². The number of fused-ring (bicyclic) bond motifs is 1. The van der Waals surface area contributed by atoms with Gasteiger partial charge >= 0.3 is 11.9 Å². The Hall–Kier alpha value is -3.46. The number of hydrogen-bond donors (Lipinski definition) is 0. The fourth-order valence-corrected chi connectivity index (χ4v) is 5.17. The highest BCUT2D eigenvalue weighted by atomic mass is 16.5. The molecule has 3 rings (SSSR count). The summed E-state index contributed by atoms with van der Waals surface area (Å²) >= 11 is 0. The van der Waals surface area contributed by atoms with Gasteiger partial charge < -0.3 is 23.5 Å². The van der Waals surface area contributed by atoms with E-state index in [0.717, 1.165) is 29.7 Å². The van der Waals surface area contributed by atoms with Gasteiger partial charge in [-0.25, -0.2) is 9.78 Å². The van der Waals surface area contributed by atoms with E-state index in [0.29, 0.717) is 6.42 Å². The highest BCUT2D eigenvalue weighted by molar-refractivity contribution is 5.89. The zero-order chi connectivity index (χ0) is 31.1. The van der Waals surface area contributed by atoms with E-state index < -0.39 is 35.4 Å². The Bertz CT molecular complexity index is 1270. The Morgan fingerprint density at radius 3 is 2.55 bits per heavy atom. The van der Waals surface area contributed by atoms with Gasteiger partial charge in [-0.15, -0.1) is 6.58 Å². The molecule has 0 N–H and O–H groups in total. The lowest BCUT2D eigenvalue weighted by Crippen LogP contribution is -2.48. The molecule has 0 radical (unpaired) electrons. The molecule has 230 valence electrons. The van der Waals surface area contributed by atoms with Gasteiger partial charge in [-0.3, -0.25) is 9.59 Å². The average Bonchev–Trinajstić information content (AvgIpc) is 3.56. The Balaban J connectivity index is 1.73. The zero-order valence-corrected chi connectivity index (χ0v) is 26.1. The van der Waals surface area contributed by atoms with Crippen LogP contribution >= 0.6 is 0 Å². The quantitative estimate of drug-likeness (QED) is 0.211. The molecule has 1 aliphatic heterocycles. The van der Waals surface area contributed by atoms with Crippen LogP contribution in [0.4, 0.5) is 0 Å². The number of imidazole rings is 1. The van der Waals surface area contributed by atoms with Crippen LogP contribution < -0.4 is 0 Å². The fourth-order valence-electron chi connectivity index (χ4n) is 5.17. The summed E-state index contributed by atoms with van der Waals surface area (Å²) in [6, 6.07) is 3.07. The van der Waals surface area contributed by atoms with Gasteiger partial charge in [-0.1, -0.05) is 53.3 Å². The predicted molar refractivity (Wildman–Crippen MR) is 162 cm³/mol. The molecule has 0 aliphatic carbocycles. The van der Waals surface area contributed by atoms with Crippen LogP contribution in [0.2, 0.25) is 0 Å². The maximum absolute atomic E-state index is 14.0. The summed E-state index contributed by atoms with van der Waals surface area (Å²) in [6.45, 7) is 20.1. The first-order valence-corrected chi connectivity index (χ1v) is 14.7. The van der Waals surface area contributed by atoms with Gasteiger partial charge in [0.25, 0.3) is 0 Å². The maximum atomic E-state index is 14.0. The monoisotopic (exact) mass is 581 g/mol. The van der Waals surface area contributed by atoms with Gasteiger partial charge in [-0.2, -0.15) is 0 Å². The molecule has 0 bridgehead atoms. The van der Waals surface area contributed by atoms with Crippen molar-refractivity contribution in [1.82, 2.24) is 14.3 Å². The smallest absolute Gasteiger partial charge is 0.328 e. The molecule has 0 aromatic carbocycles. The number of amides is 1. The molecule has 2 aromatic heterocycles. The minimum Gasteiger partial charge on any atom is -0.465 e. The van der Waals surface area contributed by atoms with Crippen molar-refractivity contribution in [2.24, 2.45) is 16.7 Å². The summed E-state index contributed by atoms with van der Waals surface area (Å²) < 4.78 is 19.1. The van der Waals surface area contributed by atoms with Gasteiger partial charge in [0, 0.05) is 30.9 Å². The first-order valence-electron chi connectivity index (χ1n) is 14.7. The van der Waals surface area contributed by atoms with Crippen LogP contribution in [0, 0.1) is 16.7 Å². The van der Waals surface area contributed by atoms with E-state index in [-0.39, 0.29) is 44.1 Å². The standard InChI is InChI=1S/C33H47N3O6/c1-9-12-15-33(7,8)22-42-28(37)18-26(32(4,5)6)30(38)36-20-25(17-27(36)31(39)40-11-3)41-21-24-19-35-16-13-14-23(10-2)29(35)34-24/h9-10,13-14,16,19,25-27H,1-2,11-12,15,17-18,20-22H2,3-8H3/t25-,26-,27+/m1/s1. The number of ether oxygens (including phenoxy) is 3. The van der Waals surface area contributed by atoms with E-state index >= 15 is 0 Å². The third kappa shape index (κ3) is 8.53. The first kappa shape index (κ1) is 33.0. The predicted octanol–water partition coefficient (Wildman–Crippen LogP) is 5.61. The number of carbonyl (C=O) groups is 3. The SMILES string of the molecule is C=CCCC(C)(C)COC(=O)C[C@H](C(=O)N1C[C@H](OCc2cn3cccc(C=C)c3n2)C[C@H]1C(=O)OCC)C(C)(C)C. The number of esters is 2. The van der Waals surface area contributed by atoms with Crippen molar-refractivity contribution in [3.63, 3.8) is 0 Å². The number of aromatic nitrogens is 2. The molecule has 0 spiro atoms. The summed E-state index contributed by atoms with van der Waals surface area (Å²) in [5.74, 6) is -1.87. The van der Waals surface area contributed by atoms with Crippen molar-refractivity contribution >= 4 is 29.6 Å². The molecule has 1 aliphatic rings. The third-order valence-corrected chi connectivity index (χ3v) is 7.72. The van der Waals surface area contributed by atoms with Gasteiger partial charge in [0.15, 0.2) is 0 Å². The second kappa shape index (κ2) is 14.1. The minimum absolute atomic E-state index is 0.0790. The van der Waals surface area contributed by atoms with Crippen molar-refractivity contribution in [1.29, 1.82) is 0 Å². The maximum Gasteiger partial charge on any atom is 0.328 e. The molecular weight excluding hydrogens is 534 g/mol. The molecule has 1 saturated heterocycles. The van der Waals surface area contributed by atoms with Crippen LogP contribution in [0.5, 0.6) is 0 Å². The van der Waals surface area contributed by atoms with E-state index in [1.165, 1.54) is 4.90 Å². The number of nitrogens with zero attached hydrogens (tertiary/aromatic N) is 3. The lowest BCUT2D eigenvalue weighted by Gasteiger charge is -2.34. The van der Waals surface area contributed by atoms with Crippen LogP contribution in [0.3, 0.4) is 0 Å². The molecule has 0 saturated carbocycles. The number of hydrogen-bond acceptors (Lipinski definition) is 7. The summed E-state index contributed by atoms with van der Waals surface area (Å²) in [5.41, 5.74) is 1.67. The molecule has 9 heteroatoms. The molecule has 1 fully saturated rings. The van der Waals surface area contributed by atoms with Gasteiger partial charge in [0.2, 0.25) is 5.91 Å². The Morgan fingerprint density at radius 1 is 1.17 bits per heavy atom. The molecule has 3 atom stereocenters. The van der Waals surface area contributed by atoms with Crippen molar-refractivity contribution in [3.8, 4) is 0 Å². The molecule has 3 heterocycles. The van der Waals surface area contributed by atoms with Crippen molar-refractivity contribution in [2.45, 2.75) is 86.0 Å².